The highest BCUT2D eigenvalue weighted by Gasteiger charge is 2.05. The number of aromatic nitrogens is 3. The van der Waals surface area contributed by atoms with Crippen molar-refractivity contribution in [3.63, 3.8) is 0 Å². The molecule has 128 valence electrons. The standard InChI is InChI=1S/C21H23N3O/c25-15-7-3-1-2-4-9-21-23-16-20(24-21)18-12-10-17(11-13-18)19-8-5-6-14-22-19/h5-6,8,10-16H,1-4,7,9H2,(H,23,24). The van der Waals surface area contributed by atoms with Crippen LogP contribution in [0.2, 0.25) is 0 Å². The molecule has 0 aliphatic rings. The van der Waals surface area contributed by atoms with E-state index < -0.39 is 0 Å². The maximum atomic E-state index is 10.3. The number of nitrogens with zero attached hydrogens (tertiary/aromatic N) is 2. The van der Waals surface area contributed by atoms with Crippen LogP contribution in [0.3, 0.4) is 0 Å². The smallest absolute Gasteiger partial charge is 0.119 e. The number of carbonyl (C=O) groups is 1. The molecule has 25 heavy (non-hydrogen) atoms. The van der Waals surface area contributed by atoms with Crippen molar-refractivity contribution >= 4 is 6.29 Å². The zero-order chi connectivity index (χ0) is 17.3. The van der Waals surface area contributed by atoms with Gasteiger partial charge in [-0.3, -0.25) is 4.98 Å². The molecule has 0 unspecified atom stereocenters. The molecule has 0 fully saturated rings. The van der Waals surface area contributed by atoms with E-state index in [1.165, 1.54) is 0 Å². The summed E-state index contributed by atoms with van der Waals surface area (Å²) in [5.41, 5.74) is 4.27. The lowest BCUT2D eigenvalue weighted by Crippen LogP contribution is -1.89. The largest absolute Gasteiger partial charge is 0.342 e. The zero-order valence-corrected chi connectivity index (χ0v) is 14.3. The van der Waals surface area contributed by atoms with Crippen LogP contribution >= 0.6 is 0 Å². The van der Waals surface area contributed by atoms with Crippen molar-refractivity contribution in [1.82, 2.24) is 15.0 Å². The number of hydrogen-bond acceptors (Lipinski definition) is 3. The van der Waals surface area contributed by atoms with E-state index in [-0.39, 0.29) is 0 Å². The fraction of sp³-hybridized carbons (Fsp3) is 0.286. The van der Waals surface area contributed by atoms with Crippen LogP contribution < -0.4 is 0 Å². The van der Waals surface area contributed by atoms with Gasteiger partial charge in [0.25, 0.3) is 0 Å². The third kappa shape index (κ3) is 4.86. The van der Waals surface area contributed by atoms with Crippen molar-refractivity contribution < 1.29 is 4.79 Å². The lowest BCUT2D eigenvalue weighted by atomic mass is 10.1. The van der Waals surface area contributed by atoms with E-state index in [0.717, 1.165) is 66.7 Å². The number of aldehydes is 1. The molecular formula is C21H23N3O. The van der Waals surface area contributed by atoms with Gasteiger partial charge in [-0.05, 0) is 30.5 Å². The van der Waals surface area contributed by atoms with Crippen LogP contribution in [0.5, 0.6) is 0 Å². The molecule has 0 aliphatic heterocycles. The van der Waals surface area contributed by atoms with E-state index in [9.17, 15) is 4.79 Å². The van der Waals surface area contributed by atoms with Crippen LogP contribution in [0.25, 0.3) is 22.5 Å². The summed E-state index contributed by atoms with van der Waals surface area (Å²) in [6.07, 6.45) is 10.7. The van der Waals surface area contributed by atoms with Crippen LogP contribution in [0.15, 0.2) is 54.9 Å². The molecule has 3 aromatic rings. The highest BCUT2D eigenvalue weighted by molar-refractivity contribution is 5.66. The molecule has 2 heterocycles. The summed E-state index contributed by atoms with van der Waals surface area (Å²) in [5, 5.41) is 0. The van der Waals surface area contributed by atoms with Gasteiger partial charge in [-0.25, -0.2) is 4.98 Å². The van der Waals surface area contributed by atoms with Crippen molar-refractivity contribution in [2.75, 3.05) is 0 Å². The predicted octanol–water partition coefficient (Wildman–Crippen LogP) is 4.83. The second-order valence-corrected chi connectivity index (χ2v) is 6.16. The fourth-order valence-electron chi connectivity index (χ4n) is 2.86. The number of nitrogens with one attached hydrogen (secondary N) is 1. The van der Waals surface area contributed by atoms with Crippen LogP contribution in [-0.2, 0) is 11.2 Å². The fourth-order valence-corrected chi connectivity index (χ4v) is 2.86. The number of hydrogen-bond donors (Lipinski definition) is 1. The van der Waals surface area contributed by atoms with Gasteiger partial charge in [0.15, 0.2) is 0 Å². The van der Waals surface area contributed by atoms with Gasteiger partial charge in [0.2, 0.25) is 0 Å². The van der Waals surface area contributed by atoms with Gasteiger partial charge in [-0.15, -0.1) is 0 Å². The van der Waals surface area contributed by atoms with Crippen molar-refractivity contribution in [2.45, 2.75) is 38.5 Å². The Morgan fingerprint density at radius 3 is 2.44 bits per heavy atom. The highest BCUT2D eigenvalue weighted by Crippen LogP contribution is 2.22. The molecule has 4 heteroatoms. The predicted molar refractivity (Wildman–Crippen MR) is 100 cm³/mol. The van der Waals surface area contributed by atoms with Crippen LogP contribution in [-0.4, -0.2) is 21.2 Å². The van der Waals surface area contributed by atoms with Crippen molar-refractivity contribution in [3.05, 3.63) is 60.7 Å². The minimum Gasteiger partial charge on any atom is -0.342 e. The summed E-state index contributed by atoms with van der Waals surface area (Å²) in [5.74, 6) is 1.03. The average molecular weight is 333 g/mol. The van der Waals surface area contributed by atoms with Crippen LogP contribution in [0, 0.1) is 0 Å². The SMILES string of the molecule is O=CCCCCCCc1ncc(-c2ccc(-c3ccccn3)cc2)[nH]1. The summed E-state index contributed by atoms with van der Waals surface area (Å²) in [6.45, 7) is 0. The van der Waals surface area contributed by atoms with Gasteiger partial charge in [-0.1, -0.05) is 43.2 Å². The van der Waals surface area contributed by atoms with E-state index in [0.29, 0.717) is 6.42 Å². The van der Waals surface area contributed by atoms with Crippen molar-refractivity contribution in [2.24, 2.45) is 0 Å². The second kappa shape index (κ2) is 8.92. The maximum absolute atomic E-state index is 10.3. The lowest BCUT2D eigenvalue weighted by Gasteiger charge is -2.02. The van der Waals surface area contributed by atoms with Gasteiger partial charge >= 0.3 is 0 Å². The third-order valence-corrected chi connectivity index (χ3v) is 4.27. The number of imidazole rings is 1. The molecule has 0 aliphatic carbocycles. The van der Waals surface area contributed by atoms with Gasteiger partial charge in [0.1, 0.15) is 12.1 Å². The van der Waals surface area contributed by atoms with Gasteiger partial charge in [0, 0.05) is 24.6 Å². The normalized spacial score (nSPS) is 10.7. The van der Waals surface area contributed by atoms with E-state index in [4.69, 9.17) is 0 Å². The van der Waals surface area contributed by atoms with Gasteiger partial charge in [0.05, 0.1) is 17.6 Å². The summed E-state index contributed by atoms with van der Waals surface area (Å²) in [4.78, 5) is 22.5. The molecular weight excluding hydrogens is 310 g/mol. The number of rotatable bonds is 9. The first-order valence-electron chi connectivity index (χ1n) is 8.86. The molecule has 4 nitrogen and oxygen atoms in total. The van der Waals surface area contributed by atoms with Crippen LogP contribution in [0.4, 0.5) is 0 Å². The molecule has 3 rings (SSSR count). The Balaban J connectivity index is 1.56. The minimum atomic E-state index is 0.680. The number of aromatic amines is 1. The molecule has 2 aromatic heterocycles. The Morgan fingerprint density at radius 2 is 1.68 bits per heavy atom. The number of pyridine rings is 1. The summed E-state index contributed by atoms with van der Waals surface area (Å²) in [7, 11) is 0. The Kier molecular flexibility index (Phi) is 6.10. The maximum Gasteiger partial charge on any atom is 0.119 e. The molecule has 1 N–H and O–H groups in total. The number of aryl methyl sites for hydroxylation is 1. The van der Waals surface area contributed by atoms with Gasteiger partial charge in [-0.2, -0.15) is 0 Å². The molecule has 0 atom stereocenters. The monoisotopic (exact) mass is 333 g/mol. The number of carbonyl (C=O) groups excluding carboxylic acids is 1. The van der Waals surface area contributed by atoms with E-state index in [2.05, 4.69) is 39.2 Å². The third-order valence-electron chi connectivity index (χ3n) is 4.27. The van der Waals surface area contributed by atoms with E-state index in [1.54, 1.807) is 0 Å². The van der Waals surface area contributed by atoms with Gasteiger partial charge < -0.3 is 9.78 Å². The van der Waals surface area contributed by atoms with E-state index >= 15 is 0 Å². The molecule has 1 aromatic carbocycles. The molecule has 0 spiro atoms. The quantitative estimate of drug-likeness (QED) is 0.451. The summed E-state index contributed by atoms with van der Waals surface area (Å²) >= 11 is 0. The minimum absolute atomic E-state index is 0.680. The first-order chi connectivity index (χ1) is 12.4. The number of H-pyrrole nitrogens is 1. The Labute approximate surface area is 148 Å². The molecule has 0 amide bonds. The Morgan fingerprint density at radius 1 is 0.880 bits per heavy atom. The lowest BCUT2D eigenvalue weighted by molar-refractivity contribution is -0.107. The summed E-state index contributed by atoms with van der Waals surface area (Å²) in [6, 6.07) is 14.3. The van der Waals surface area contributed by atoms with E-state index in [1.807, 2.05) is 30.6 Å². The Hall–Kier alpha value is -2.75. The molecule has 0 saturated carbocycles. The Bertz CT molecular complexity index is 778. The average Bonchev–Trinajstić information content (AvgIpc) is 3.14. The second-order valence-electron chi connectivity index (χ2n) is 6.16. The first kappa shape index (κ1) is 17.1. The molecule has 0 radical (unpaired) electrons. The topological polar surface area (TPSA) is 58.6 Å². The molecule has 0 saturated heterocycles. The molecule has 0 bridgehead atoms. The zero-order valence-electron chi connectivity index (χ0n) is 14.3. The number of unbranched alkanes of at least 4 members (excludes halogenated alkanes) is 4. The van der Waals surface area contributed by atoms with Crippen molar-refractivity contribution in [3.8, 4) is 22.5 Å². The highest BCUT2D eigenvalue weighted by atomic mass is 16.1. The summed E-state index contributed by atoms with van der Waals surface area (Å²) < 4.78 is 0. The van der Waals surface area contributed by atoms with Crippen molar-refractivity contribution in [1.29, 1.82) is 0 Å². The number of benzene rings is 1. The van der Waals surface area contributed by atoms with Crippen LogP contribution in [0.1, 0.15) is 37.9 Å². The first-order valence-corrected chi connectivity index (χ1v) is 8.86.